The lowest BCUT2D eigenvalue weighted by molar-refractivity contribution is -0.145. The van der Waals surface area contributed by atoms with E-state index in [-0.39, 0.29) is 11.1 Å². The van der Waals surface area contributed by atoms with Gasteiger partial charge in [-0.15, -0.1) is 0 Å². The molecule has 0 spiro atoms. The summed E-state index contributed by atoms with van der Waals surface area (Å²) in [6.07, 6.45) is -1.59. The van der Waals surface area contributed by atoms with Gasteiger partial charge in [0.25, 0.3) is 11.8 Å². The molecule has 11 nitrogen and oxygen atoms in total. The minimum Gasteiger partial charge on any atom is -0.399 e. The number of esters is 2. The fraction of sp³-hybridized carbons (Fsp3) is 0.105. The highest BCUT2D eigenvalue weighted by Gasteiger charge is 2.18. The van der Waals surface area contributed by atoms with Crippen LogP contribution in [-0.4, -0.2) is 43.0 Å². The van der Waals surface area contributed by atoms with E-state index in [1.165, 1.54) is 48.5 Å². The van der Waals surface area contributed by atoms with E-state index in [0.717, 1.165) is 0 Å². The lowest BCUT2D eigenvalue weighted by Crippen LogP contribution is -2.34. The molecule has 0 saturated carbocycles. The van der Waals surface area contributed by atoms with Gasteiger partial charge in [-0.3, -0.25) is 9.59 Å². The number of rotatable bonds is 6. The third-order valence-electron chi connectivity index (χ3n) is 3.53. The summed E-state index contributed by atoms with van der Waals surface area (Å²) in [6.45, 7) is -1.28. The van der Waals surface area contributed by atoms with Crippen molar-refractivity contribution in [1.82, 2.24) is 10.6 Å². The van der Waals surface area contributed by atoms with Crippen LogP contribution >= 0.6 is 0 Å². The van der Waals surface area contributed by atoms with Crippen LogP contribution in [0, 0.1) is 0 Å². The average molecular weight is 414 g/mol. The number of carbonyl (C=O) groups excluding carboxylic acids is 5. The maximum absolute atomic E-state index is 11.8. The van der Waals surface area contributed by atoms with Gasteiger partial charge >= 0.3 is 18.1 Å². The summed E-state index contributed by atoms with van der Waals surface area (Å²) in [4.78, 5) is 58.2. The van der Waals surface area contributed by atoms with Crippen LogP contribution in [0.5, 0.6) is 0 Å². The molecule has 2 rings (SSSR count). The number of nitrogens with two attached hydrogens (primary N) is 2. The van der Waals surface area contributed by atoms with Gasteiger partial charge in [-0.1, -0.05) is 0 Å². The summed E-state index contributed by atoms with van der Waals surface area (Å²) in [5, 5.41) is 4.45. The summed E-state index contributed by atoms with van der Waals surface area (Å²) >= 11 is 0. The molecule has 0 fully saturated rings. The largest absolute Gasteiger partial charge is 0.524 e. The second-order valence-electron chi connectivity index (χ2n) is 5.81. The number of benzene rings is 2. The fourth-order valence-electron chi connectivity index (χ4n) is 2.06. The Morgan fingerprint density at radius 2 is 0.967 bits per heavy atom. The molecule has 0 heterocycles. The third-order valence-corrected chi connectivity index (χ3v) is 3.53. The summed E-state index contributed by atoms with van der Waals surface area (Å²) in [5.74, 6) is -3.49. The number of anilines is 2. The fourth-order valence-corrected chi connectivity index (χ4v) is 2.06. The second kappa shape index (κ2) is 10.2. The highest BCUT2D eigenvalue weighted by Crippen LogP contribution is 2.06. The van der Waals surface area contributed by atoms with Crippen LogP contribution in [0.15, 0.2) is 48.5 Å². The van der Waals surface area contributed by atoms with Crippen molar-refractivity contribution < 1.29 is 33.4 Å². The van der Waals surface area contributed by atoms with Crippen molar-refractivity contribution in [2.75, 3.05) is 24.6 Å². The molecule has 0 aliphatic carbocycles. The van der Waals surface area contributed by atoms with Gasteiger partial charge < -0.3 is 31.6 Å². The van der Waals surface area contributed by atoms with E-state index in [0.29, 0.717) is 11.4 Å². The van der Waals surface area contributed by atoms with Crippen molar-refractivity contribution in [2.45, 2.75) is 0 Å². The van der Waals surface area contributed by atoms with Gasteiger partial charge in [-0.05, 0) is 48.5 Å². The zero-order chi connectivity index (χ0) is 22.1. The lowest BCUT2D eigenvalue weighted by Gasteiger charge is -2.07. The van der Waals surface area contributed by atoms with Crippen LogP contribution in [0.1, 0.15) is 20.7 Å². The highest BCUT2D eigenvalue weighted by atomic mass is 16.8. The van der Waals surface area contributed by atoms with Gasteiger partial charge in [0.15, 0.2) is 0 Å². The van der Waals surface area contributed by atoms with Gasteiger partial charge in [-0.2, -0.15) is 0 Å². The van der Waals surface area contributed by atoms with E-state index in [4.69, 9.17) is 11.5 Å². The summed E-state index contributed by atoms with van der Waals surface area (Å²) in [5.41, 5.74) is 12.4. The molecular weight excluding hydrogens is 396 g/mol. The molecule has 0 unspecified atom stereocenters. The van der Waals surface area contributed by atoms with Crippen LogP contribution in [0.4, 0.5) is 16.2 Å². The molecule has 2 aromatic carbocycles. The van der Waals surface area contributed by atoms with Crippen molar-refractivity contribution in [3.8, 4) is 0 Å². The van der Waals surface area contributed by atoms with Crippen LogP contribution in [-0.2, 0) is 19.1 Å². The van der Waals surface area contributed by atoms with E-state index in [9.17, 15) is 24.0 Å². The molecule has 0 saturated heterocycles. The van der Waals surface area contributed by atoms with Gasteiger partial charge in [0.1, 0.15) is 13.1 Å². The minimum atomic E-state index is -1.59. The van der Waals surface area contributed by atoms with Crippen LogP contribution < -0.4 is 22.1 Å². The topological polar surface area (TPSA) is 180 Å². The first-order valence-corrected chi connectivity index (χ1v) is 8.47. The van der Waals surface area contributed by atoms with E-state index in [2.05, 4.69) is 20.1 Å². The third kappa shape index (κ3) is 6.96. The second-order valence-corrected chi connectivity index (χ2v) is 5.81. The van der Waals surface area contributed by atoms with Gasteiger partial charge in [0.05, 0.1) is 0 Å². The number of amides is 2. The molecule has 156 valence electrons. The van der Waals surface area contributed by atoms with Crippen LogP contribution in [0.25, 0.3) is 0 Å². The quantitative estimate of drug-likeness (QED) is 0.292. The SMILES string of the molecule is Nc1ccc(C(=O)NCC(=O)OC(=O)OC(=O)CNC(=O)c2ccc(N)cc2)cc1. The van der Waals surface area contributed by atoms with Gasteiger partial charge in [0, 0.05) is 22.5 Å². The Morgan fingerprint density at radius 1 is 0.633 bits per heavy atom. The molecule has 11 heteroatoms. The smallest absolute Gasteiger partial charge is 0.399 e. The van der Waals surface area contributed by atoms with Crippen molar-refractivity contribution in [3.05, 3.63) is 59.7 Å². The standard InChI is InChI=1S/C19H18N4O7/c20-13-5-1-11(2-6-13)17(26)22-9-15(24)29-19(28)30-16(25)10-23-18(27)12-3-7-14(21)8-4-12/h1-8H,9-10,20-21H2,(H,22,26)(H,23,27). The van der Waals surface area contributed by atoms with Crippen molar-refractivity contribution in [1.29, 1.82) is 0 Å². The molecule has 2 aromatic rings. The summed E-state index contributed by atoms with van der Waals surface area (Å²) < 4.78 is 8.50. The predicted molar refractivity (Wildman–Crippen MR) is 104 cm³/mol. The number of hydrogen-bond donors (Lipinski definition) is 4. The first-order valence-electron chi connectivity index (χ1n) is 8.47. The Morgan fingerprint density at radius 3 is 1.30 bits per heavy atom. The Balaban J connectivity index is 1.69. The molecule has 0 radical (unpaired) electrons. The maximum Gasteiger partial charge on any atom is 0.524 e. The molecule has 30 heavy (non-hydrogen) atoms. The average Bonchev–Trinajstić information content (AvgIpc) is 2.71. The van der Waals surface area contributed by atoms with Crippen molar-refractivity contribution >= 4 is 41.3 Å². The predicted octanol–water partition coefficient (Wildman–Crippen LogP) is 0.217. The summed E-state index contributed by atoms with van der Waals surface area (Å²) in [6, 6.07) is 11.8. The monoisotopic (exact) mass is 414 g/mol. The highest BCUT2D eigenvalue weighted by molar-refractivity contribution is 5.98. The number of carbonyl (C=O) groups is 5. The Hall–Kier alpha value is -4.41. The molecule has 6 N–H and O–H groups in total. The Bertz CT molecular complexity index is 878. The van der Waals surface area contributed by atoms with E-state index in [1.54, 1.807) is 0 Å². The zero-order valence-electron chi connectivity index (χ0n) is 15.5. The molecule has 0 aromatic heterocycles. The van der Waals surface area contributed by atoms with E-state index >= 15 is 0 Å². The maximum atomic E-state index is 11.8. The first kappa shape index (κ1) is 21.9. The van der Waals surface area contributed by atoms with Crippen LogP contribution in [0.3, 0.4) is 0 Å². The first-order chi connectivity index (χ1) is 14.2. The molecule has 0 aliphatic heterocycles. The molecule has 0 bridgehead atoms. The lowest BCUT2D eigenvalue weighted by atomic mass is 10.2. The number of nitrogens with one attached hydrogen (secondary N) is 2. The van der Waals surface area contributed by atoms with Gasteiger partial charge in [-0.25, -0.2) is 14.4 Å². The molecule has 2 amide bonds. The number of nitrogen functional groups attached to an aromatic ring is 2. The number of ether oxygens (including phenoxy) is 2. The Kier molecular flexibility index (Phi) is 7.46. The molecular formula is C19H18N4O7. The van der Waals surface area contributed by atoms with Crippen molar-refractivity contribution in [2.24, 2.45) is 0 Å². The molecule has 0 aliphatic rings. The minimum absolute atomic E-state index is 0.242. The van der Waals surface area contributed by atoms with E-state index in [1.807, 2.05) is 0 Å². The zero-order valence-corrected chi connectivity index (χ0v) is 15.5. The van der Waals surface area contributed by atoms with Crippen molar-refractivity contribution in [3.63, 3.8) is 0 Å². The normalized spacial score (nSPS) is 9.87. The van der Waals surface area contributed by atoms with Crippen LogP contribution in [0.2, 0.25) is 0 Å². The van der Waals surface area contributed by atoms with E-state index < -0.39 is 43.0 Å². The summed E-state index contributed by atoms with van der Waals surface area (Å²) in [7, 11) is 0. The molecule has 0 atom stereocenters. The number of hydrogen-bond acceptors (Lipinski definition) is 9. The Labute approximate surface area is 170 Å². The van der Waals surface area contributed by atoms with Gasteiger partial charge in [0.2, 0.25) is 0 Å².